The number of nitrogens with one attached hydrogen (secondary N) is 1. The average Bonchev–Trinajstić information content (AvgIpc) is 3.12. The predicted molar refractivity (Wildman–Crippen MR) is 127 cm³/mol. The fourth-order valence-electron chi connectivity index (χ4n) is 3.94. The van der Waals surface area contributed by atoms with E-state index in [1.165, 1.54) is 17.3 Å². The van der Waals surface area contributed by atoms with E-state index in [1.54, 1.807) is 0 Å². The molecule has 0 saturated heterocycles. The van der Waals surface area contributed by atoms with Crippen LogP contribution in [0.2, 0.25) is 0 Å². The summed E-state index contributed by atoms with van der Waals surface area (Å²) in [6.45, 7) is 2.18. The van der Waals surface area contributed by atoms with E-state index < -0.39 is 18.1 Å². The Labute approximate surface area is 191 Å². The number of aryl methyl sites for hydroxylation is 1. The molecule has 0 aromatic heterocycles. The molecular weight excluding hydrogens is 422 g/mol. The smallest absolute Gasteiger partial charge is 0.407 e. The molecule has 164 valence electrons. The third-order valence-electron chi connectivity index (χ3n) is 5.61. The molecule has 6 heteroatoms. The number of alkyl carbamates (subject to hydrolysis) is 1. The summed E-state index contributed by atoms with van der Waals surface area (Å²) in [4.78, 5) is 24.0. The van der Waals surface area contributed by atoms with E-state index in [1.807, 2.05) is 67.6 Å². The number of amides is 1. The van der Waals surface area contributed by atoms with E-state index in [0.717, 1.165) is 27.8 Å². The SMILES string of the molecule is Cc1ccc(CSC[C@H](NC(=O)OCC2c3ccccc3-c3ccccc32)C(=O)O)cc1. The summed E-state index contributed by atoms with van der Waals surface area (Å²) in [5.74, 6) is -0.202. The van der Waals surface area contributed by atoms with Crippen LogP contribution in [0.1, 0.15) is 28.2 Å². The van der Waals surface area contributed by atoms with Crippen molar-refractivity contribution in [2.45, 2.75) is 24.6 Å². The molecule has 5 nitrogen and oxygen atoms in total. The van der Waals surface area contributed by atoms with Crippen LogP contribution < -0.4 is 5.32 Å². The van der Waals surface area contributed by atoms with Gasteiger partial charge in [0, 0.05) is 17.4 Å². The largest absolute Gasteiger partial charge is 0.480 e. The highest BCUT2D eigenvalue weighted by Gasteiger charge is 2.29. The topological polar surface area (TPSA) is 75.6 Å². The van der Waals surface area contributed by atoms with Gasteiger partial charge in [0.15, 0.2) is 0 Å². The highest BCUT2D eigenvalue weighted by molar-refractivity contribution is 7.98. The van der Waals surface area contributed by atoms with Crippen LogP contribution in [0.3, 0.4) is 0 Å². The summed E-state index contributed by atoms with van der Waals surface area (Å²) in [5, 5.41) is 12.0. The molecule has 4 rings (SSSR count). The molecule has 0 fully saturated rings. The molecule has 3 aromatic carbocycles. The van der Waals surface area contributed by atoms with E-state index in [-0.39, 0.29) is 18.3 Å². The maximum absolute atomic E-state index is 12.4. The number of carboxylic acids is 1. The number of hydrogen-bond acceptors (Lipinski definition) is 4. The Morgan fingerprint density at radius 1 is 0.969 bits per heavy atom. The van der Waals surface area contributed by atoms with Gasteiger partial charge in [-0.25, -0.2) is 9.59 Å². The quantitative estimate of drug-likeness (QED) is 0.495. The number of carboxylic acid groups (broad SMARTS) is 1. The monoisotopic (exact) mass is 447 g/mol. The molecule has 1 atom stereocenters. The minimum absolute atomic E-state index is 0.0626. The lowest BCUT2D eigenvalue weighted by molar-refractivity contribution is -0.138. The van der Waals surface area contributed by atoms with Crippen molar-refractivity contribution in [3.05, 3.63) is 95.1 Å². The number of thioether (sulfide) groups is 1. The first-order valence-electron chi connectivity index (χ1n) is 10.5. The Balaban J connectivity index is 1.33. The Bertz CT molecular complexity index is 1070. The van der Waals surface area contributed by atoms with E-state index in [4.69, 9.17) is 4.74 Å². The molecule has 0 spiro atoms. The first-order valence-corrected chi connectivity index (χ1v) is 11.7. The van der Waals surface area contributed by atoms with Crippen LogP contribution in [0.5, 0.6) is 0 Å². The van der Waals surface area contributed by atoms with Crippen molar-refractivity contribution in [2.75, 3.05) is 12.4 Å². The van der Waals surface area contributed by atoms with Crippen molar-refractivity contribution in [1.29, 1.82) is 0 Å². The lowest BCUT2D eigenvalue weighted by atomic mass is 9.98. The molecule has 1 aliphatic carbocycles. The zero-order chi connectivity index (χ0) is 22.5. The summed E-state index contributed by atoms with van der Waals surface area (Å²) >= 11 is 1.46. The van der Waals surface area contributed by atoms with Gasteiger partial charge >= 0.3 is 12.1 Å². The normalized spacial score (nSPS) is 13.2. The van der Waals surface area contributed by atoms with E-state index >= 15 is 0 Å². The fraction of sp³-hybridized carbons (Fsp3) is 0.231. The van der Waals surface area contributed by atoms with Gasteiger partial charge in [-0.2, -0.15) is 11.8 Å². The van der Waals surface area contributed by atoms with Gasteiger partial charge in [0.25, 0.3) is 0 Å². The molecule has 1 amide bonds. The average molecular weight is 448 g/mol. The van der Waals surface area contributed by atoms with Crippen LogP contribution in [0.25, 0.3) is 11.1 Å². The van der Waals surface area contributed by atoms with Crippen molar-refractivity contribution in [2.24, 2.45) is 0 Å². The van der Waals surface area contributed by atoms with Crippen molar-refractivity contribution in [1.82, 2.24) is 5.32 Å². The molecule has 2 N–H and O–H groups in total. The summed E-state index contributed by atoms with van der Waals surface area (Å²) in [5.41, 5.74) is 6.82. The van der Waals surface area contributed by atoms with Crippen LogP contribution in [0.4, 0.5) is 4.79 Å². The zero-order valence-electron chi connectivity index (χ0n) is 17.8. The van der Waals surface area contributed by atoms with Crippen molar-refractivity contribution >= 4 is 23.8 Å². The van der Waals surface area contributed by atoms with E-state index in [2.05, 4.69) is 17.4 Å². The summed E-state index contributed by atoms with van der Waals surface area (Å²) in [6.07, 6.45) is -0.713. The Morgan fingerprint density at radius 3 is 2.16 bits per heavy atom. The highest BCUT2D eigenvalue weighted by Crippen LogP contribution is 2.44. The van der Waals surface area contributed by atoms with Gasteiger partial charge in [-0.05, 0) is 34.7 Å². The van der Waals surface area contributed by atoms with Gasteiger partial charge in [0.2, 0.25) is 0 Å². The second-order valence-electron chi connectivity index (χ2n) is 7.86. The van der Waals surface area contributed by atoms with E-state index in [0.29, 0.717) is 5.75 Å². The molecule has 0 aliphatic heterocycles. The van der Waals surface area contributed by atoms with Crippen LogP contribution in [-0.4, -0.2) is 35.6 Å². The second-order valence-corrected chi connectivity index (χ2v) is 8.89. The van der Waals surface area contributed by atoms with Gasteiger partial charge in [0.1, 0.15) is 12.6 Å². The molecule has 0 heterocycles. The number of benzene rings is 3. The Morgan fingerprint density at radius 2 is 1.56 bits per heavy atom. The van der Waals surface area contributed by atoms with Gasteiger partial charge in [-0.3, -0.25) is 0 Å². The molecule has 0 saturated carbocycles. The lowest BCUT2D eigenvalue weighted by Crippen LogP contribution is -2.43. The van der Waals surface area contributed by atoms with Gasteiger partial charge < -0.3 is 15.2 Å². The van der Waals surface area contributed by atoms with Crippen molar-refractivity contribution in [3.63, 3.8) is 0 Å². The van der Waals surface area contributed by atoms with Gasteiger partial charge in [-0.1, -0.05) is 78.4 Å². The first-order chi connectivity index (χ1) is 15.5. The highest BCUT2D eigenvalue weighted by atomic mass is 32.2. The molecule has 32 heavy (non-hydrogen) atoms. The lowest BCUT2D eigenvalue weighted by Gasteiger charge is -2.17. The molecule has 0 bridgehead atoms. The zero-order valence-corrected chi connectivity index (χ0v) is 18.6. The molecule has 3 aromatic rings. The van der Waals surface area contributed by atoms with Crippen LogP contribution in [0.15, 0.2) is 72.8 Å². The Hall–Kier alpha value is -3.25. The summed E-state index contributed by atoms with van der Waals surface area (Å²) in [7, 11) is 0. The number of ether oxygens (including phenoxy) is 1. The third-order valence-corrected chi connectivity index (χ3v) is 6.71. The molecule has 1 aliphatic rings. The minimum atomic E-state index is -1.07. The summed E-state index contributed by atoms with van der Waals surface area (Å²) in [6, 6.07) is 23.3. The fourth-order valence-corrected chi connectivity index (χ4v) is 4.94. The maximum Gasteiger partial charge on any atom is 0.407 e. The number of carbonyl (C=O) groups excluding carboxylic acids is 1. The number of fused-ring (bicyclic) bond motifs is 3. The number of hydrogen-bond donors (Lipinski definition) is 2. The minimum Gasteiger partial charge on any atom is -0.480 e. The standard InChI is InChI=1S/C26H25NO4S/c1-17-10-12-18(13-11-17)15-32-16-24(25(28)29)27-26(30)31-14-23-21-8-4-2-6-19(21)20-7-3-5-9-22(20)23/h2-13,23-24H,14-16H2,1H3,(H,27,30)(H,28,29)/t24-/m0/s1. The molecular formula is C26H25NO4S. The van der Waals surface area contributed by atoms with E-state index in [9.17, 15) is 14.7 Å². The van der Waals surface area contributed by atoms with Crippen molar-refractivity contribution < 1.29 is 19.4 Å². The van der Waals surface area contributed by atoms with Crippen LogP contribution in [-0.2, 0) is 15.3 Å². The van der Waals surface area contributed by atoms with Crippen molar-refractivity contribution in [3.8, 4) is 11.1 Å². The van der Waals surface area contributed by atoms with Gasteiger partial charge in [0.05, 0.1) is 0 Å². The number of carbonyl (C=O) groups is 2. The molecule has 0 radical (unpaired) electrons. The number of rotatable bonds is 8. The third kappa shape index (κ3) is 4.97. The second kappa shape index (κ2) is 9.92. The number of aliphatic carboxylic acids is 1. The Kier molecular flexibility index (Phi) is 6.81. The van der Waals surface area contributed by atoms with Crippen LogP contribution in [0, 0.1) is 6.92 Å². The maximum atomic E-state index is 12.4. The molecule has 0 unspecified atom stereocenters. The van der Waals surface area contributed by atoms with Gasteiger partial charge in [-0.15, -0.1) is 0 Å². The predicted octanol–water partition coefficient (Wildman–Crippen LogP) is 5.22. The van der Waals surface area contributed by atoms with Crippen LogP contribution >= 0.6 is 11.8 Å². The summed E-state index contributed by atoms with van der Waals surface area (Å²) < 4.78 is 5.48. The first kappa shape index (κ1) is 22.0.